The molecule has 9 nitrogen and oxygen atoms in total. The quantitative estimate of drug-likeness (QED) is 0.513. The maximum absolute atomic E-state index is 12.7. The molecule has 1 atom stereocenters. The molecule has 0 unspecified atom stereocenters. The molecule has 0 radical (unpaired) electrons. The van der Waals surface area contributed by atoms with Gasteiger partial charge in [0.1, 0.15) is 5.75 Å². The van der Waals surface area contributed by atoms with E-state index >= 15 is 0 Å². The number of aliphatic hydroxyl groups excluding tert-OH is 1. The van der Waals surface area contributed by atoms with Crippen molar-refractivity contribution in [3.8, 4) is 17.2 Å². The summed E-state index contributed by atoms with van der Waals surface area (Å²) < 4.78 is 45.9. The van der Waals surface area contributed by atoms with Crippen LogP contribution in [0.25, 0.3) is 10.9 Å². The first-order valence-electron chi connectivity index (χ1n) is 13.2. The number of rotatable bonds is 6. The molecule has 2 aromatic carbocycles. The minimum absolute atomic E-state index is 0.0226. The average molecular weight is 542 g/mol. The third-order valence-electron chi connectivity index (χ3n) is 8.68. The molecule has 204 valence electrons. The van der Waals surface area contributed by atoms with Gasteiger partial charge in [0, 0.05) is 55.8 Å². The van der Waals surface area contributed by atoms with Crippen molar-refractivity contribution in [3.63, 3.8) is 0 Å². The topological polar surface area (TPSA) is 93.5 Å². The highest BCUT2D eigenvalue weighted by atomic mass is 32.2. The highest BCUT2D eigenvalue weighted by Gasteiger charge is 2.49. The first-order valence-corrected chi connectivity index (χ1v) is 14.8. The van der Waals surface area contributed by atoms with Crippen molar-refractivity contribution in [1.29, 1.82) is 0 Å². The fourth-order valence-corrected chi connectivity index (χ4v) is 7.79. The molecular formula is C28H35N3O6S. The number of nitrogens with zero attached hydrogens (tertiary/aromatic N) is 3. The summed E-state index contributed by atoms with van der Waals surface area (Å²) in [5.41, 5.74) is 4.23. The number of piperidine rings is 1. The Balaban J connectivity index is 1.46. The van der Waals surface area contributed by atoms with Crippen LogP contribution in [0.4, 0.5) is 0 Å². The van der Waals surface area contributed by atoms with Gasteiger partial charge in [-0.2, -0.15) is 0 Å². The standard InChI is InChI=1S/C28H35N3O6S/c1-4-38(33,34)31-11-9-28(10-12-31)17-30(15-19-5-8-24-25(13-19)37-18-36-24)23(16-32)27-26(28)21-7-6-20(35-3)14-22(21)29(27)2/h5-8,13-14,23,32H,4,9-12,15-18H2,1-3H3/t23-/m1/s1. The van der Waals surface area contributed by atoms with Gasteiger partial charge in [0.15, 0.2) is 11.5 Å². The monoisotopic (exact) mass is 541 g/mol. The van der Waals surface area contributed by atoms with Crippen molar-refractivity contribution >= 4 is 20.9 Å². The lowest BCUT2D eigenvalue weighted by Gasteiger charge is -2.50. The first kappa shape index (κ1) is 25.5. The fraction of sp³-hybridized carbons (Fsp3) is 0.500. The Morgan fingerprint density at radius 2 is 1.87 bits per heavy atom. The van der Waals surface area contributed by atoms with Crippen LogP contribution in [0.1, 0.15) is 42.6 Å². The van der Waals surface area contributed by atoms with E-state index in [4.69, 9.17) is 14.2 Å². The smallest absolute Gasteiger partial charge is 0.231 e. The second-order valence-corrected chi connectivity index (χ2v) is 12.8. The van der Waals surface area contributed by atoms with Crippen molar-refractivity contribution < 1.29 is 27.7 Å². The number of aryl methyl sites for hydroxylation is 1. The lowest BCUT2D eigenvalue weighted by Crippen LogP contribution is -2.54. The average Bonchev–Trinajstić information content (AvgIpc) is 3.51. The van der Waals surface area contributed by atoms with E-state index in [9.17, 15) is 13.5 Å². The van der Waals surface area contributed by atoms with E-state index in [-0.39, 0.29) is 30.6 Å². The van der Waals surface area contributed by atoms with E-state index in [1.54, 1.807) is 18.3 Å². The van der Waals surface area contributed by atoms with E-state index in [1.807, 2.05) is 24.3 Å². The highest BCUT2D eigenvalue weighted by molar-refractivity contribution is 7.89. The van der Waals surface area contributed by atoms with Crippen LogP contribution in [-0.4, -0.2) is 73.2 Å². The molecule has 1 aromatic heterocycles. The van der Waals surface area contributed by atoms with Crippen molar-refractivity contribution in [2.45, 2.75) is 37.8 Å². The van der Waals surface area contributed by atoms with E-state index in [2.05, 4.69) is 28.6 Å². The molecule has 38 heavy (non-hydrogen) atoms. The minimum atomic E-state index is -3.25. The summed E-state index contributed by atoms with van der Waals surface area (Å²) in [6.07, 6.45) is 1.44. The Kier molecular flexibility index (Phi) is 6.33. The van der Waals surface area contributed by atoms with Crippen molar-refractivity contribution in [2.24, 2.45) is 7.05 Å². The van der Waals surface area contributed by atoms with Gasteiger partial charge in [-0.1, -0.05) is 6.07 Å². The van der Waals surface area contributed by atoms with Crippen LogP contribution in [0, 0.1) is 0 Å². The summed E-state index contributed by atoms with van der Waals surface area (Å²) >= 11 is 0. The largest absolute Gasteiger partial charge is 0.497 e. The molecule has 10 heteroatoms. The molecular weight excluding hydrogens is 506 g/mol. The zero-order valence-electron chi connectivity index (χ0n) is 22.1. The number of fused-ring (bicyclic) bond motifs is 5. The molecule has 3 aliphatic heterocycles. The number of ether oxygens (including phenoxy) is 3. The summed E-state index contributed by atoms with van der Waals surface area (Å²) in [4.78, 5) is 2.35. The van der Waals surface area contributed by atoms with E-state index in [0.29, 0.717) is 19.6 Å². The maximum atomic E-state index is 12.7. The maximum Gasteiger partial charge on any atom is 0.231 e. The molecule has 4 heterocycles. The third-order valence-corrected chi connectivity index (χ3v) is 10.6. The summed E-state index contributed by atoms with van der Waals surface area (Å²) in [7, 11) is 0.468. The Labute approximate surface area is 223 Å². The van der Waals surface area contributed by atoms with Gasteiger partial charge >= 0.3 is 0 Å². The molecule has 1 N–H and O–H groups in total. The van der Waals surface area contributed by atoms with Crippen LogP contribution in [-0.2, 0) is 29.0 Å². The molecule has 0 amide bonds. The fourth-order valence-electron chi connectivity index (χ4n) is 6.69. The van der Waals surface area contributed by atoms with Gasteiger partial charge in [-0.25, -0.2) is 12.7 Å². The Hall–Kier alpha value is -2.79. The van der Waals surface area contributed by atoms with Crippen LogP contribution in [0.3, 0.4) is 0 Å². The van der Waals surface area contributed by atoms with Gasteiger partial charge in [-0.15, -0.1) is 0 Å². The molecule has 0 saturated carbocycles. The number of hydrogen-bond acceptors (Lipinski definition) is 7. The number of aromatic nitrogens is 1. The zero-order valence-corrected chi connectivity index (χ0v) is 23.0. The Morgan fingerprint density at radius 1 is 1.11 bits per heavy atom. The van der Waals surface area contributed by atoms with E-state index in [1.165, 1.54) is 5.56 Å². The second-order valence-electron chi connectivity index (χ2n) is 10.6. The van der Waals surface area contributed by atoms with Crippen molar-refractivity contribution in [2.75, 3.05) is 45.9 Å². The summed E-state index contributed by atoms with van der Waals surface area (Å²) in [6.45, 7) is 4.24. The lowest BCUT2D eigenvalue weighted by molar-refractivity contribution is 0.0515. The third kappa shape index (κ3) is 3.97. The van der Waals surface area contributed by atoms with Gasteiger partial charge in [0.25, 0.3) is 0 Å². The van der Waals surface area contributed by atoms with Gasteiger partial charge < -0.3 is 23.9 Å². The molecule has 3 aromatic rings. The van der Waals surface area contributed by atoms with Crippen molar-refractivity contribution in [3.05, 3.63) is 53.2 Å². The van der Waals surface area contributed by atoms with Gasteiger partial charge in [-0.3, -0.25) is 4.90 Å². The molecule has 1 fully saturated rings. The SMILES string of the molecule is CCS(=O)(=O)N1CCC2(CC1)CN(Cc1ccc3c(c1)OCO3)[C@H](CO)c1c2c2ccc(OC)cc2n1C. The normalized spacial score (nSPS) is 21.2. The van der Waals surface area contributed by atoms with Crippen LogP contribution < -0.4 is 14.2 Å². The van der Waals surface area contributed by atoms with Crippen LogP contribution in [0.2, 0.25) is 0 Å². The second kappa shape index (κ2) is 9.44. The lowest BCUT2D eigenvalue weighted by atomic mass is 9.68. The number of methoxy groups -OCH3 is 1. The van der Waals surface area contributed by atoms with Gasteiger partial charge in [-0.05, 0) is 55.2 Å². The van der Waals surface area contributed by atoms with Gasteiger partial charge in [0.2, 0.25) is 16.8 Å². The first-order chi connectivity index (χ1) is 18.3. The summed E-state index contributed by atoms with van der Waals surface area (Å²) in [5, 5.41) is 11.9. The molecule has 1 saturated heterocycles. The number of aliphatic hydroxyl groups is 1. The summed E-state index contributed by atoms with van der Waals surface area (Å²) in [6, 6.07) is 11.9. The Morgan fingerprint density at radius 3 is 2.58 bits per heavy atom. The highest BCUT2D eigenvalue weighted by Crippen LogP contribution is 2.50. The molecule has 0 bridgehead atoms. The van der Waals surface area contributed by atoms with Crippen LogP contribution in [0.15, 0.2) is 36.4 Å². The molecule has 3 aliphatic rings. The van der Waals surface area contributed by atoms with Gasteiger partial charge in [0.05, 0.1) is 31.0 Å². The number of sulfonamides is 1. The number of benzene rings is 2. The molecule has 0 aliphatic carbocycles. The van der Waals surface area contributed by atoms with E-state index < -0.39 is 10.0 Å². The Bertz CT molecular complexity index is 1480. The molecule has 6 rings (SSSR count). The predicted octanol–water partition coefficient (Wildman–Crippen LogP) is 3.15. The van der Waals surface area contributed by atoms with Crippen LogP contribution >= 0.6 is 0 Å². The summed E-state index contributed by atoms with van der Waals surface area (Å²) in [5.74, 6) is 2.38. The predicted molar refractivity (Wildman–Crippen MR) is 144 cm³/mol. The van der Waals surface area contributed by atoms with Crippen LogP contribution in [0.5, 0.6) is 17.2 Å². The van der Waals surface area contributed by atoms with Crippen molar-refractivity contribution in [1.82, 2.24) is 13.8 Å². The minimum Gasteiger partial charge on any atom is -0.497 e. The van der Waals surface area contributed by atoms with E-state index in [0.717, 1.165) is 58.8 Å². The number of hydrogen-bond donors (Lipinski definition) is 1. The molecule has 1 spiro atoms. The zero-order chi connectivity index (χ0) is 26.7.